The number of tetrazole rings is 1. The molecule has 0 bridgehead atoms. The normalized spacial score (nSPS) is 11.0. The topological polar surface area (TPSA) is 93.5 Å². The van der Waals surface area contributed by atoms with Gasteiger partial charge in [0.15, 0.2) is 0 Å². The van der Waals surface area contributed by atoms with Gasteiger partial charge in [-0.1, -0.05) is 6.07 Å². The summed E-state index contributed by atoms with van der Waals surface area (Å²) in [6.45, 7) is 2.05. The summed E-state index contributed by atoms with van der Waals surface area (Å²) in [5.41, 5.74) is 3.49. The summed E-state index contributed by atoms with van der Waals surface area (Å²) in [5, 5.41) is 25.4. The Hall–Kier alpha value is -2.88. The van der Waals surface area contributed by atoms with E-state index in [9.17, 15) is 0 Å². The second-order valence-electron chi connectivity index (χ2n) is 4.45. The third-order valence-corrected chi connectivity index (χ3v) is 2.78. The third kappa shape index (κ3) is 2.92. The number of aromatic nitrogens is 4. The van der Waals surface area contributed by atoms with E-state index in [1.165, 1.54) is 5.56 Å². The van der Waals surface area contributed by atoms with Crippen molar-refractivity contribution in [2.24, 2.45) is 0 Å². The number of nitrogens with one attached hydrogen (secondary N) is 2. The minimum Gasteiger partial charge on any atom is -0.377 e. The number of hydrogen-bond donors (Lipinski definition) is 2. The molecule has 0 aliphatic heterocycles. The van der Waals surface area contributed by atoms with E-state index in [0.717, 1.165) is 11.4 Å². The van der Waals surface area contributed by atoms with Crippen molar-refractivity contribution in [1.82, 2.24) is 20.6 Å². The largest absolute Gasteiger partial charge is 0.377 e. The van der Waals surface area contributed by atoms with Gasteiger partial charge in [0.25, 0.3) is 0 Å². The molecule has 20 heavy (non-hydrogen) atoms. The molecule has 0 amide bonds. The minimum atomic E-state index is 0.264. The van der Waals surface area contributed by atoms with Gasteiger partial charge in [0, 0.05) is 31.7 Å². The van der Waals surface area contributed by atoms with Gasteiger partial charge in [-0.05, 0) is 29.8 Å². The predicted molar refractivity (Wildman–Crippen MR) is 76.9 cm³/mol. The van der Waals surface area contributed by atoms with Crippen molar-refractivity contribution in [3.05, 3.63) is 35.8 Å². The number of hydrogen-bond acceptors (Lipinski definition) is 6. The Bertz CT molecular complexity index is 650. The maximum atomic E-state index is 9.07. The van der Waals surface area contributed by atoms with E-state index in [-0.39, 0.29) is 5.82 Å². The lowest BCUT2D eigenvalue weighted by molar-refractivity contribution is 0.881. The Kier molecular flexibility index (Phi) is 3.96. The average Bonchev–Trinajstić information content (AvgIpc) is 2.95. The van der Waals surface area contributed by atoms with E-state index in [1.54, 1.807) is 6.20 Å². The quantitative estimate of drug-likeness (QED) is 0.818. The fourth-order valence-corrected chi connectivity index (χ4v) is 1.76. The Morgan fingerprint density at radius 3 is 2.85 bits per heavy atom. The van der Waals surface area contributed by atoms with Crippen LogP contribution in [0.15, 0.2) is 24.4 Å². The number of aromatic amines is 1. The van der Waals surface area contributed by atoms with Crippen LogP contribution in [0.4, 0.5) is 11.4 Å². The predicted octanol–water partition coefficient (Wildman–Crippen LogP) is 1.55. The van der Waals surface area contributed by atoms with Gasteiger partial charge in [-0.25, -0.2) is 0 Å². The Morgan fingerprint density at radius 2 is 2.25 bits per heavy atom. The van der Waals surface area contributed by atoms with Gasteiger partial charge in [0.05, 0.1) is 0 Å². The van der Waals surface area contributed by atoms with Crippen molar-refractivity contribution in [2.45, 2.75) is 6.92 Å². The number of benzene rings is 1. The van der Waals surface area contributed by atoms with Crippen LogP contribution < -0.4 is 10.2 Å². The summed E-state index contributed by atoms with van der Waals surface area (Å²) in [6.07, 6.45) is 1.56. The molecule has 1 aromatic carbocycles. The lowest BCUT2D eigenvalue weighted by atomic mass is 10.1. The first-order valence-electron chi connectivity index (χ1n) is 6.00. The summed E-state index contributed by atoms with van der Waals surface area (Å²) in [4.78, 5) is 2.04. The van der Waals surface area contributed by atoms with Gasteiger partial charge in [-0.3, -0.25) is 0 Å². The highest BCUT2D eigenvalue weighted by Gasteiger charge is 2.06. The van der Waals surface area contributed by atoms with Crippen LogP contribution in [0.3, 0.4) is 0 Å². The van der Waals surface area contributed by atoms with Crippen molar-refractivity contribution >= 4 is 16.9 Å². The molecule has 0 aliphatic carbocycles. The number of rotatable bonds is 4. The Labute approximate surface area is 116 Å². The van der Waals surface area contributed by atoms with Crippen LogP contribution in [0.2, 0.25) is 0 Å². The number of anilines is 2. The SMILES string of the molecule is Cc1ccc(NC=C(C#N)c2nn[nH]n2)cc1N(C)C. The minimum absolute atomic E-state index is 0.264. The molecule has 0 saturated heterocycles. The number of allylic oxidation sites excluding steroid dienone is 1. The van der Waals surface area contributed by atoms with Crippen molar-refractivity contribution in [1.29, 1.82) is 5.26 Å². The lowest BCUT2D eigenvalue weighted by Gasteiger charge is -2.16. The van der Waals surface area contributed by atoms with E-state index < -0.39 is 0 Å². The zero-order valence-corrected chi connectivity index (χ0v) is 11.5. The maximum Gasteiger partial charge on any atom is 0.216 e. The first kappa shape index (κ1) is 13.5. The highest BCUT2D eigenvalue weighted by molar-refractivity contribution is 5.74. The molecule has 0 fully saturated rings. The number of nitrogens with zero attached hydrogens (tertiary/aromatic N) is 5. The molecule has 0 unspecified atom stereocenters. The van der Waals surface area contributed by atoms with Crippen LogP contribution in [0, 0.1) is 18.3 Å². The van der Waals surface area contributed by atoms with Crippen LogP contribution in [-0.2, 0) is 0 Å². The summed E-state index contributed by atoms with van der Waals surface area (Å²) < 4.78 is 0. The molecule has 102 valence electrons. The van der Waals surface area contributed by atoms with E-state index in [4.69, 9.17) is 5.26 Å². The molecule has 0 saturated carbocycles. The molecule has 0 radical (unpaired) electrons. The van der Waals surface area contributed by atoms with Crippen LogP contribution in [-0.4, -0.2) is 34.7 Å². The molecule has 1 aromatic heterocycles. The second-order valence-corrected chi connectivity index (χ2v) is 4.45. The van der Waals surface area contributed by atoms with E-state index in [2.05, 4.69) is 32.9 Å². The summed E-state index contributed by atoms with van der Waals surface area (Å²) in [6, 6.07) is 8.01. The number of H-pyrrole nitrogens is 1. The molecular weight excluding hydrogens is 254 g/mol. The highest BCUT2D eigenvalue weighted by atomic mass is 15.5. The Balaban J connectivity index is 2.22. The second kappa shape index (κ2) is 5.84. The zero-order chi connectivity index (χ0) is 14.5. The van der Waals surface area contributed by atoms with Crippen LogP contribution in [0.5, 0.6) is 0 Å². The van der Waals surface area contributed by atoms with Crippen LogP contribution in [0.1, 0.15) is 11.4 Å². The summed E-state index contributed by atoms with van der Waals surface area (Å²) >= 11 is 0. The van der Waals surface area contributed by atoms with E-state index in [0.29, 0.717) is 5.57 Å². The monoisotopic (exact) mass is 269 g/mol. The molecule has 7 nitrogen and oxygen atoms in total. The molecule has 0 aliphatic rings. The maximum absolute atomic E-state index is 9.07. The zero-order valence-electron chi connectivity index (χ0n) is 11.5. The summed E-state index contributed by atoms with van der Waals surface area (Å²) in [5.74, 6) is 0.264. The number of nitriles is 1. The molecular formula is C13H15N7. The smallest absolute Gasteiger partial charge is 0.216 e. The summed E-state index contributed by atoms with van der Waals surface area (Å²) in [7, 11) is 3.98. The van der Waals surface area contributed by atoms with E-state index in [1.807, 2.05) is 43.3 Å². The fourth-order valence-electron chi connectivity index (χ4n) is 1.76. The van der Waals surface area contributed by atoms with Gasteiger partial charge in [-0.2, -0.15) is 10.5 Å². The van der Waals surface area contributed by atoms with Crippen molar-refractivity contribution < 1.29 is 0 Å². The molecule has 2 aromatic rings. The fraction of sp³-hybridized carbons (Fsp3) is 0.231. The first-order chi connectivity index (χ1) is 9.61. The standard InChI is InChI=1S/C13H15N7/c1-9-4-5-11(6-12(9)20(2)3)15-8-10(7-14)13-16-18-19-17-13/h4-6,8,15H,1-3H3,(H,16,17,18,19). The first-order valence-corrected chi connectivity index (χ1v) is 6.00. The van der Waals surface area contributed by atoms with Crippen LogP contribution in [0.25, 0.3) is 5.57 Å². The van der Waals surface area contributed by atoms with Gasteiger partial charge >= 0.3 is 0 Å². The van der Waals surface area contributed by atoms with Gasteiger partial charge in [0.1, 0.15) is 11.6 Å². The third-order valence-electron chi connectivity index (χ3n) is 2.78. The molecule has 7 heteroatoms. The molecule has 0 atom stereocenters. The molecule has 0 spiro atoms. The van der Waals surface area contributed by atoms with Crippen LogP contribution >= 0.6 is 0 Å². The lowest BCUT2D eigenvalue weighted by Crippen LogP contribution is -2.10. The highest BCUT2D eigenvalue weighted by Crippen LogP contribution is 2.22. The van der Waals surface area contributed by atoms with Crippen molar-refractivity contribution in [3.63, 3.8) is 0 Å². The molecule has 1 heterocycles. The van der Waals surface area contributed by atoms with Gasteiger partial charge < -0.3 is 10.2 Å². The number of aryl methyl sites for hydroxylation is 1. The van der Waals surface area contributed by atoms with Gasteiger partial charge in [0.2, 0.25) is 5.82 Å². The van der Waals surface area contributed by atoms with E-state index >= 15 is 0 Å². The Morgan fingerprint density at radius 1 is 1.45 bits per heavy atom. The molecule has 2 rings (SSSR count). The van der Waals surface area contributed by atoms with Gasteiger partial charge in [-0.15, -0.1) is 10.2 Å². The van der Waals surface area contributed by atoms with Crippen molar-refractivity contribution in [3.8, 4) is 6.07 Å². The van der Waals surface area contributed by atoms with Crippen molar-refractivity contribution in [2.75, 3.05) is 24.3 Å². The molecule has 2 N–H and O–H groups in total. The average molecular weight is 269 g/mol.